The van der Waals surface area contributed by atoms with Gasteiger partial charge in [0.25, 0.3) is 0 Å². The molecule has 2 aromatic rings. The van der Waals surface area contributed by atoms with Gasteiger partial charge < -0.3 is 20.1 Å². The van der Waals surface area contributed by atoms with Crippen molar-refractivity contribution in [1.29, 1.82) is 0 Å². The average Bonchev–Trinajstić information content (AvgIpc) is 2.87. The molecule has 110 valence electrons. The van der Waals surface area contributed by atoms with E-state index in [4.69, 9.17) is 4.74 Å². The van der Waals surface area contributed by atoms with E-state index in [0.29, 0.717) is 0 Å². The molecular formula is C14H21N3O2S. The highest BCUT2D eigenvalue weighted by atomic mass is 32.2. The van der Waals surface area contributed by atoms with Crippen LogP contribution in [0.5, 0.6) is 5.75 Å². The number of imidazole rings is 1. The van der Waals surface area contributed by atoms with Crippen LogP contribution in [0.2, 0.25) is 0 Å². The van der Waals surface area contributed by atoms with Gasteiger partial charge in [0.2, 0.25) is 0 Å². The van der Waals surface area contributed by atoms with Crippen molar-refractivity contribution in [2.75, 3.05) is 26.0 Å². The van der Waals surface area contributed by atoms with Gasteiger partial charge in [0.15, 0.2) is 5.16 Å². The summed E-state index contributed by atoms with van der Waals surface area (Å²) in [4.78, 5) is 7.81. The molecule has 20 heavy (non-hydrogen) atoms. The molecule has 6 heteroatoms. The van der Waals surface area contributed by atoms with Crippen LogP contribution in [-0.4, -0.2) is 47.1 Å². The summed E-state index contributed by atoms with van der Waals surface area (Å²) in [5, 5.41) is 13.4. The van der Waals surface area contributed by atoms with Crippen LogP contribution in [0.1, 0.15) is 13.3 Å². The van der Waals surface area contributed by atoms with Crippen molar-refractivity contribution >= 4 is 22.8 Å². The zero-order valence-electron chi connectivity index (χ0n) is 11.8. The Morgan fingerprint density at radius 3 is 3.05 bits per heavy atom. The Morgan fingerprint density at radius 2 is 2.35 bits per heavy atom. The first-order chi connectivity index (χ1) is 9.76. The molecule has 2 rings (SSSR count). The fraction of sp³-hybridized carbons (Fsp3) is 0.500. The lowest BCUT2D eigenvalue weighted by molar-refractivity contribution is 0.242. The van der Waals surface area contributed by atoms with Crippen LogP contribution in [0.4, 0.5) is 0 Å². The Balaban J connectivity index is 1.93. The van der Waals surface area contributed by atoms with Crippen LogP contribution in [0.25, 0.3) is 11.0 Å². The summed E-state index contributed by atoms with van der Waals surface area (Å²) in [5.74, 6) is 1.74. The Morgan fingerprint density at radius 1 is 1.50 bits per heavy atom. The molecule has 0 aliphatic heterocycles. The minimum atomic E-state index is 0.164. The van der Waals surface area contributed by atoms with E-state index in [9.17, 15) is 5.11 Å². The first-order valence-corrected chi connectivity index (χ1v) is 7.76. The van der Waals surface area contributed by atoms with Crippen molar-refractivity contribution in [1.82, 2.24) is 15.3 Å². The van der Waals surface area contributed by atoms with Crippen molar-refractivity contribution in [2.24, 2.45) is 0 Å². The van der Waals surface area contributed by atoms with Crippen molar-refractivity contribution < 1.29 is 9.84 Å². The fourth-order valence-corrected chi connectivity index (χ4v) is 2.95. The number of likely N-dealkylation sites (N-methyl/N-ethyl adjacent to an activating group) is 1. The highest BCUT2D eigenvalue weighted by molar-refractivity contribution is 7.99. The van der Waals surface area contributed by atoms with Crippen molar-refractivity contribution in [3.05, 3.63) is 18.2 Å². The quantitative estimate of drug-likeness (QED) is 0.650. The number of aromatic nitrogens is 2. The van der Waals surface area contributed by atoms with Crippen LogP contribution in [0, 0.1) is 0 Å². The molecule has 0 spiro atoms. The fourth-order valence-electron chi connectivity index (χ4n) is 2.01. The number of benzene rings is 1. The first-order valence-electron chi connectivity index (χ1n) is 6.77. The second-order valence-corrected chi connectivity index (χ2v) is 5.58. The number of fused-ring (bicyclic) bond motifs is 1. The van der Waals surface area contributed by atoms with Gasteiger partial charge in [0, 0.05) is 17.9 Å². The average molecular weight is 295 g/mol. The number of methoxy groups -OCH3 is 1. The summed E-state index contributed by atoms with van der Waals surface area (Å²) >= 11 is 1.67. The van der Waals surface area contributed by atoms with Gasteiger partial charge in [-0.25, -0.2) is 4.98 Å². The van der Waals surface area contributed by atoms with Crippen molar-refractivity contribution in [3.63, 3.8) is 0 Å². The van der Waals surface area contributed by atoms with Gasteiger partial charge in [-0.3, -0.25) is 0 Å². The molecule has 0 saturated carbocycles. The van der Waals surface area contributed by atoms with Gasteiger partial charge in [-0.1, -0.05) is 18.7 Å². The largest absolute Gasteiger partial charge is 0.497 e. The zero-order valence-corrected chi connectivity index (χ0v) is 12.7. The van der Waals surface area contributed by atoms with E-state index >= 15 is 0 Å². The van der Waals surface area contributed by atoms with Gasteiger partial charge in [-0.2, -0.15) is 0 Å². The predicted molar refractivity (Wildman–Crippen MR) is 82.5 cm³/mol. The van der Waals surface area contributed by atoms with Gasteiger partial charge in [-0.05, 0) is 25.1 Å². The summed E-state index contributed by atoms with van der Waals surface area (Å²) in [5.41, 5.74) is 1.93. The third kappa shape index (κ3) is 3.88. The number of hydrogen-bond donors (Lipinski definition) is 3. The number of rotatable bonds is 8. The number of hydrogen-bond acceptors (Lipinski definition) is 5. The second kappa shape index (κ2) is 7.52. The predicted octanol–water partition coefficient (Wildman–Crippen LogP) is 2.02. The van der Waals surface area contributed by atoms with E-state index in [1.807, 2.05) is 25.1 Å². The molecule has 0 bridgehead atoms. The van der Waals surface area contributed by atoms with Crippen LogP contribution in [0.15, 0.2) is 23.4 Å². The molecule has 1 aromatic heterocycles. The van der Waals surface area contributed by atoms with E-state index < -0.39 is 0 Å². The summed E-state index contributed by atoms with van der Waals surface area (Å²) in [6, 6.07) is 5.97. The lowest BCUT2D eigenvalue weighted by atomic mass is 10.2. The minimum Gasteiger partial charge on any atom is -0.497 e. The first kappa shape index (κ1) is 15.2. The lowest BCUT2D eigenvalue weighted by Crippen LogP contribution is -2.32. The number of thioether (sulfide) groups is 1. The summed E-state index contributed by atoms with van der Waals surface area (Å²) < 4.78 is 5.19. The Kier molecular flexibility index (Phi) is 5.70. The van der Waals surface area contributed by atoms with Gasteiger partial charge >= 0.3 is 0 Å². The molecule has 1 unspecified atom stereocenters. The Labute approximate surface area is 123 Å². The van der Waals surface area contributed by atoms with Crippen molar-refractivity contribution in [3.8, 4) is 5.75 Å². The van der Waals surface area contributed by atoms with Gasteiger partial charge in [0.1, 0.15) is 5.75 Å². The zero-order chi connectivity index (χ0) is 14.4. The van der Waals surface area contributed by atoms with Crippen molar-refractivity contribution in [2.45, 2.75) is 24.5 Å². The molecule has 1 heterocycles. The number of aromatic amines is 1. The van der Waals surface area contributed by atoms with E-state index in [0.717, 1.165) is 40.7 Å². The van der Waals surface area contributed by atoms with Crippen LogP contribution >= 0.6 is 11.8 Å². The molecular weight excluding hydrogens is 274 g/mol. The molecule has 1 atom stereocenters. The van der Waals surface area contributed by atoms with Crippen LogP contribution in [-0.2, 0) is 0 Å². The third-order valence-corrected chi connectivity index (χ3v) is 3.99. The molecule has 1 aromatic carbocycles. The number of nitrogens with one attached hydrogen (secondary N) is 2. The Bertz CT molecular complexity index is 544. The van der Waals surface area contributed by atoms with E-state index in [2.05, 4.69) is 15.3 Å². The highest BCUT2D eigenvalue weighted by Crippen LogP contribution is 2.23. The number of aliphatic hydroxyl groups is 1. The molecule has 0 amide bonds. The molecule has 0 saturated heterocycles. The summed E-state index contributed by atoms with van der Waals surface area (Å²) in [7, 11) is 1.66. The van der Waals surface area contributed by atoms with Gasteiger partial charge in [-0.15, -0.1) is 0 Å². The summed E-state index contributed by atoms with van der Waals surface area (Å²) in [6.07, 6.45) is 0.912. The third-order valence-electron chi connectivity index (χ3n) is 3.09. The topological polar surface area (TPSA) is 70.2 Å². The van der Waals surface area contributed by atoms with E-state index in [1.54, 1.807) is 18.9 Å². The lowest BCUT2D eigenvalue weighted by Gasteiger charge is -2.13. The standard InChI is InChI=1S/C14H21N3O2S/c1-3-15-10(9-18)6-7-20-14-16-12-5-4-11(19-2)8-13(12)17-14/h4-5,8,10,15,18H,3,6-7,9H2,1-2H3,(H,16,17). The molecule has 0 aliphatic carbocycles. The molecule has 5 nitrogen and oxygen atoms in total. The van der Waals surface area contributed by atoms with E-state index in [1.165, 1.54) is 0 Å². The van der Waals surface area contributed by atoms with Gasteiger partial charge in [0.05, 0.1) is 24.8 Å². The minimum absolute atomic E-state index is 0.164. The molecule has 0 aliphatic rings. The molecule has 3 N–H and O–H groups in total. The number of aliphatic hydroxyl groups excluding tert-OH is 1. The monoisotopic (exact) mass is 295 g/mol. The molecule has 0 radical (unpaired) electrons. The number of nitrogens with zero attached hydrogens (tertiary/aromatic N) is 1. The maximum absolute atomic E-state index is 9.22. The highest BCUT2D eigenvalue weighted by Gasteiger charge is 2.08. The number of H-pyrrole nitrogens is 1. The normalized spacial score (nSPS) is 12.8. The molecule has 0 fully saturated rings. The number of ether oxygens (including phenoxy) is 1. The Hall–Kier alpha value is -1.24. The van der Waals surface area contributed by atoms with E-state index in [-0.39, 0.29) is 12.6 Å². The second-order valence-electron chi connectivity index (χ2n) is 4.50. The maximum Gasteiger partial charge on any atom is 0.166 e. The SMILES string of the molecule is CCNC(CO)CCSc1nc2ccc(OC)cc2[nH]1. The summed E-state index contributed by atoms with van der Waals surface area (Å²) in [6.45, 7) is 3.09. The van der Waals surface area contributed by atoms with Crippen LogP contribution < -0.4 is 10.1 Å². The van der Waals surface area contributed by atoms with Crippen LogP contribution in [0.3, 0.4) is 0 Å². The smallest absolute Gasteiger partial charge is 0.166 e. The maximum atomic E-state index is 9.22.